The summed E-state index contributed by atoms with van der Waals surface area (Å²) in [6.45, 7) is 9.89. The maximum absolute atomic E-state index is 5.29. The van der Waals surface area contributed by atoms with Gasteiger partial charge in [-0.1, -0.05) is 6.92 Å². The predicted octanol–water partition coefficient (Wildman–Crippen LogP) is 2.02. The second kappa shape index (κ2) is 3.90. The monoisotopic (exact) mass is 115 g/mol. The summed E-state index contributed by atoms with van der Waals surface area (Å²) in [6.07, 6.45) is 1.49. The molecule has 0 spiro atoms. The molecule has 0 aliphatic heterocycles. The minimum atomic E-state index is 0.176. The number of hydrogen-bond donors (Lipinski definition) is 0. The van der Waals surface area contributed by atoms with Crippen LogP contribution in [-0.2, 0) is 4.74 Å². The van der Waals surface area contributed by atoms with E-state index < -0.39 is 0 Å². The summed E-state index contributed by atoms with van der Waals surface area (Å²) in [5.41, 5.74) is 0. The van der Waals surface area contributed by atoms with Crippen LogP contribution < -0.4 is 0 Å². The van der Waals surface area contributed by atoms with E-state index in [-0.39, 0.29) is 6.10 Å². The van der Waals surface area contributed by atoms with Crippen molar-refractivity contribution < 1.29 is 4.74 Å². The molecular weight excluding hydrogens is 100 g/mol. The molecule has 1 radical (unpaired) electrons. The van der Waals surface area contributed by atoms with Gasteiger partial charge in [-0.15, -0.1) is 0 Å². The van der Waals surface area contributed by atoms with Crippen molar-refractivity contribution in [3.05, 3.63) is 6.92 Å². The molecule has 0 N–H and O–H groups in total. The van der Waals surface area contributed by atoms with Gasteiger partial charge in [0, 0.05) is 0 Å². The smallest absolute Gasteiger partial charge is 0.0577 e. The second-order valence-corrected chi connectivity index (χ2v) is 2.22. The second-order valence-electron chi connectivity index (χ2n) is 2.22. The first kappa shape index (κ1) is 7.96. The maximum atomic E-state index is 5.29. The van der Waals surface area contributed by atoms with Gasteiger partial charge in [0.15, 0.2) is 0 Å². The lowest BCUT2D eigenvalue weighted by molar-refractivity contribution is 0.0321. The molecule has 1 unspecified atom stereocenters. The largest absolute Gasteiger partial charge is 0.376 e. The van der Waals surface area contributed by atoms with E-state index in [1.165, 1.54) is 0 Å². The SMILES string of the molecule is [CH2]C(CC)OC(C)C. The molecule has 0 saturated heterocycles. The fourth-order valence-electron chi connectivity index (χ4n) is 0.481. The molecule has 49 valence electrons. The summed E-state index contributed by atoms with van der Waals surface area (Å²) in [5.74, 6) is 0. The average molecular weight is 115 g/mol. The van der Waals surface area contributed by atoms with Crippen LogP contribution >= 0.6 is 0 Å². The molecule has 0 aliphatic rings. The fraction of sp³-hybridized carbons (Fsp3) is 0.857. The Kier molecular flexibility index (Phi) is 3.88. The molecule has 1 heteroatoms. The van der Waals surface area contributed by atoms with E-state index in [0.29, 0.717) is 6.10 Å². The molecule has 0 aromatic rings. The van der Waals surface area contributed by atoms with Gasteiger partial charge < -0.3 is 4.74 Å². The third-order valence-electron chi connectivity index (χ3n) is 0.920. The van der Waals surface area contributed by atoms with Gasteiger partial charge in [-0.3, -0.25) is 0 Å². The van der Waals surface area contributed by atoms with Crippen molar-refractivity contribution in [1.82, 2.24) is 0 Å². The molecule has 0 aromatic heterocycles. The normalized spacial score (nSPS) is 14.6. The molecule has 0 saturated carbocycles. The van der Waals surface area contributed by atoms with Gasteiger partial charge in [-0.25, -0.2) is 0 Å². The van der Waals surface area contributed by atoms with Crippen molar-refractivity contribution >= 4 is 0 Å². The minimum absolute atomic E-state index is 0.176. The zero-order valence-corrected chi connectivity index (χ0v) is 5.98. The Balaban J connectivity index is 3.10. The van der Waals surface area contributed by atoms with E-state index in [1.54, 1.807) is 0 Å². The van der Waals surface area contributed by atoms with Gasteiger partial charge in [0.25, 0.3) is 0 Å². The fourth-order valence-corrected chi connectivity index (χ4v) is 0.481. The third-order valence-corrected chi connectivity index (χ3v) is 0.920. The average Bonchev–Trinajstić information content (AvgIpc) is 1.65. The van der Waals surface area contributed by atoms with E-state index in [9.17, 15) is 0 Å². The molecule has 0 fully saturated rings. The van der Waals surface area contributed by atoms with Gasteiger partial charge in [0.05, 0.1) is 12.2 Å². The highest BCUT2D eigenvalue weighted by atomic mass is 16.5. The Bertz CT molecular complexity index is 50.3. The summed E-state index contributed by atoms with van der Waals surface area (Å²) in [5, 5.41) is 0. The van der Waals surface area contributed by atoms with Crippen LogP contribution in [0.15, 0.2) is 0 Å². The molecule has 1 atom stereocenters. The summed E-state index contributed by atoms with van der Waals surface area (Å²) in [6, 6.07) is 0. The lowest BCUT2D eigenvalue weighted by Gasteiger charge is -2.12. The molecule has 0 rings (SSSR count). The van der Waals surface area contributed by atoms with Gasteiger partial charge in [-0.2, -0.15) is 0 Å². The zero-order chi connectivity index (χ0) is 6.57. The Morgan fingerprint density at radius 1 is 1.50 bits per heavy atom. The van der Waals surface area contributed by atoms with Crippen LogP contribution in [0.5, 0.6) is 0 Å². The van der Waals surface area contributed by atoms with Crippen molar-refractivity contribution in [2.24, 2.45) is 0 Å². The van der Waals surface area contributed by atoms with Gasteiger partial charge >= 0.3 is 0 Å². The van der Waals surface area contributed by atoms with Crippen molar-refractivity contribution in [1.29, 1.82) is 0 Å². The van der Waals surface area contributed by atoms with Crippen LogP contribution in [0.3, 0.4) is 0 Å². The zero-order valence-electron chi connectivity index (χ0n) is 5.98. The summed E-state index contributed by atoms with van der Waals surface area (Å²) >= 11 is 0. The van der Waals surface area contributed by atoms with E-state index in [2.05, 4.69) is 13.8 Å². The van der Waals surface area contributed by atoms with Gasteiger partial charge in [0.2, 0.25) is 0 Å². The Labute approximate surface area is 52.0 Å². The number of ether oxygens (including phenoxy) is 1. The van der Waals surface area contributed by atoms with Crippen LogP contribution in [0.25, 0.3) is 0 Å². The topological polar surface area (TPSA) is 9.23 Å². The van der Waals surface area contributed by atoms with Crippen LogP contribution in [0.4, 0.5) is 0 Å². The molecule has 0 bridgehead atoms. The van der Waals surface area contributed by atoms with E-state index >= 15 is 0 Å². The first-order chi connectivity index (χ1) is 3.66. The van der Waals surface area contributed by atoms with Crippen molar-refractivity contribution in [3.8, 4) is 0 Å². The highest BCUT2D eigenvalue weighted by Gasteiger charge is 1.99. The van der Waals surface area contributed by atoms with Crippen molar-refractivity contribution in [2.45, 2.75) is 39.4 Å². The highest BCUT2D eigenvalue weighted by molar-refractivity contribution is 4.56. The van der Waals surface area contributed by atoms with Crippen LogP contribution in [0.1, 0.15) is 27.2 Å². The van der Waals surface area contributed by atoms with E-state index in [1.807, 2.05) is 13.8 Å². The van der Waals surface area contributed by atoms with Crippen LogP contribution in [0, 0.1) is 6.92 Å². The highest BCUT2D eigenvalue weighted by Crippen LogP contribution is 1.98. The lowest BCUT2D eigenvalue weighted by Crippen LogP contribution is -2.12. The summed E-state index contributed by atoms with van der Waals surface area (Å²) < 4.78 is 5.29. The molecule has 1 nitrogen and oxygen atoms in total. The predicted molar refractivity (Wildman–Crippen MR) is 35.7 cm³/mol. The first-order valence-corrected chi connectivity index (χ1v) is 3.15. The Morgan fingerprint density at radius 3 is 2.12 bits per heavy atom. The van der Waals surface area contributed by atoms with Crippen LogP contribution in [-0.4, -0.2) is 12.2 Å². The Hall–Kier alpha value is -0.0400. The molecule has 0 heterocycles. The lowest BCUT2D eigenvalue weighted by atomic mass is 10.3. The minimum Gasteiger partial charge on any atom is -0.376 e. The number of hydrogen-bond acceptors (Lipinski definition) is 1. The molecule has 0 aliphatic carbocycles. The molecule has 8 heavy (non-hydrogen) atoms. The molecular formula is C7H15O. The first-order valence-electron chi connectivity index (χ1n) is 3.15. The molecule has 0 amide bonds. The number of rotatable bonds is 3. The van der Waals surface area contributed by atoms with E-state index in [0.717, 1.165) is 6.42 Å². The standard InChI is InChI=1S/C7H15O/c1-5-7(4)8-6(2)3/h6-7H,4-5H2,1-3H3. The Morgan fingerprint density at radius 2 is 2.00 bits per heavy atom. The van der Waals surface area contributed by atoms with Gasteiger partial charge in [-0.05, 0) is 27.2 Å². The van der Waals surface area contributed by atoms with Crippen LogP contribution in [0.2, 0.25) is 0 Å². The van der Waals surface area contributed by atoms with Crippen molar-refractivity contribution in [3.63, 3.8) is 0 Å². The van der Waals surface area contributed by atoms with E-state index in [4.69, 9.17) is 4.74 Å². The quantitative estimate of drug-likeness (QED) is 0.546. The maximum Gasteiger partial charge on any atom is 0.0577 e. The van der Waals surface area contributed by atoms with Crippen molar-refractivity contribution in [2.75, 3.05) is 0 Å². The summed E-state index contributed by atoms with van der Waals surface area (Å²) in [4.78, 5) is 0. The van der Waals surface area contributed by atoms with Gasteiger partial charge in [0.1, 0.15) is 0 Å². The molecule has 0 aromatic carbocycles. The summed E-state index contributed by atoms with van der Waals surface area (Å²) in [7, 11) is 0. The third kappa shape index (κ3) is 4.13.